The average Bonchev–Trinajstić information content (AvgIpc) is 2.83. The Labute approximate surface area is 203 Å². The van der Waals surface area contributed by atoms with Crippen molar-refractivity contribution >= 4 is 42.4 Å². The van der Waals surface area contributed by atoms with Crippen LogP contribution in [-0.4, -0.2) is 13.0 Å². The van der Waals surface area contributed by atoms with Gasteiger partial charge < -0.3 is 4.55 Å². The zero-order valence-electron chi connectivity index (χ0n) is 17.5. The van der Waals surface area contributed by atoms with Crippen molar-refractivity contribution in [2.45, 2.75) is 4.90 Å². The topological polar surface area (TPSA) is 57.2 Å². The molecule has 0 aromatic heterocycles. The summed E-state index contributed by atoms with van der Waals surface area (Å²) in [7, 11) is -4.48. The molecule has 0 bridgehead atoms. The summed E-state index contributed by atoms with van der Waals surface area (Å²) in [5.74, 6) is 0. The summed E-state index contributed by atoms with van der Waals surface area (Å²) < 4.78 is 37.2. The number of benzene rings is 6. The molecule has 0 amide bonds. The van der Waals surface area contributed by atoms with E-state index in [1.165, 1.54) is 13.2 Å². The molecule has 5 heteroatoms. The summed E-state index contributed by atoms with van der Waals surface area (Å²) in [4.78, 5) is -0.150. The van der Waals surface area contributed by atoms with Crippen molar-refractivity contribution in [2.24, 2.45) is 0 Å². The molecule has 3 nitrogen and oxygen atoms in total. The molecule has 0 atom stereocenters. The van der Waals surface area contributed by atoms with Crippen LogP contribution in [0.25, 0.3) is 32.3 Å². The molecule has 6 aromatic rings. The van der Waals surface area contributed by atoms with Crippen LogP contribution in [0, 0.1) is 7.14 Å². The largest absolute Gasteiger partial charge is 0.744 e. The Morgan fingerprint density at radius 1 is 0.515 bits per heavy atom. The fourth-order valence-corrected chi connectivity index (χ4v) is 6.95. The number of rotatable bonds is 3. The van der Waals surface area contributed by atoms with Gasteiger partial charge in [0, 0.05) is 5.39 Å². The molecular formula is C28H19IO3S. The van der Waals surface area contributed by atoms with E-state index in [-0.39, 0.29) is 26.1 Å². The van der Waals surface area contributed by atoms with Crippen molar-refractivity contribution in [3.8, 4) is 0 Å². The van der Waals surface area contributed by atoms with Gasteiger partial charge >= 0.3 is 21.2 Å². The van der Waals surface area contributed by atoms with Crippen LogP contribution in [0.15, 0.2) is 120 Å². The van der Waals surface area contributed by atoms with Crippen LogP contribution in [0.3, 0.4) is 0 Å². The summed E-state index contributed by atoms with van der Waals surface area (Å²) in [5, 5.41) is 5.38. The Hall–Kier alpha value is -3.00. The molecule has 6 rings (SSSR count). The van der Waals surface area contributed by atoms with Gasteiger partial charge in [-0.3, -0.25) is 0 Å². The molecule has 0 heterocycles. The van der Waals surface area contributed by atoms with Crippen LogP contribution in [-0.2, 0) is 10.1 Å². The summed E-state index contributed by atoms with van der Waals surface area (Å²) in [5.41, 5.74) is 0. The van der Waals surface area contributed by atoms with Gasteiger partial charge in [-0.15, -0.1) is 0 Å². The summed E-state index contributed by atoms with van der Waals surface area (Å²) in [6.45, 7) is 0. The van der Waals surface area contributed by atoms with Crippen LogP contribution < -0.4 is 21.2 Å². The lowest BCUT2D eigenvalue weighted by molar-refractivity contribution is -0.597. The van der Waals surface area contributed by atoms with Crippen LogP contribution in [0.5, 0.6) is 0 Å². The van der Waals surface area contributed by atoms with E-state index < -0.39 is 10.1 Å². The van der Waals surface area contributed by atoms with E-state index in [9.17, 15) is 13.0 Å². The van der Waals surface area contributed by atoms with Crippen molar-refractivity contribution in [3.05, 3.63) is 122 Å². The Morgan fingerprint density at radius 2 is 1.00 bits per heavy atom. The standard InChI is InChI=1S/C16H10O3S.C12H10I/c17-20(18,19)14-9-7-12-5-4-10-2-1-3-11-6-8-13(14)16(12)15(10)11;1-3-7-11(8-4-1)13-12-9-5-2-6-10-12/h1-9H,(H,17,18,19);1-10H/q;+1/p-1. The van der Waals surface area contributed by atoms with Crippen molar-refractivity contribution in [1.29, 1.82) is 0 Å². The van der Waals surface area contributed by atoms with E-state index in [0.717, 1.165) is 26.9 Å². The van der Waals surface area contributed by atoms with E-state index in [1.807, 2.05) is 36.4 Å². The summed E-state index contributed by atoms with van der Waals surface area (Å²) in [6, 6.07) is 38.0. The second-order valence-electron chi connectivity index (χ2n) is 7.56. The lowest BCUT2D eigenvalue weighted by atomic mass is 9.94. The van der Waals surface area contributed by atoms with Gasteiger partial charge in [0.2, 0.25) is 0 Å². The SMILES string of the molecule is O=S(=O)([O-])c1ccc2ccc3cccc4ccc1c2c34.c1ccc([I+]c2ccccc2)cc1. The minimum atomic E-state index is -4.48. The highest BCUT2D eigenvalue weighted by molar-refractivity contribution is 7.86. The van der Waals surface area contributed by atoms with Crippen molar-refractivity contribution < 1.29 is 34.2 Å². The van der Waals surface area contributed by atoms with Gasteiger partial charge in [0.1, 0.15) is 10.1 Å². The molecule has 0 aliphatic carbocycles. The lowest BCUT2D eigenvalue weighted by Crippen LogP contribution is -3.61. The molecule has 0 spiro atoms. The van der Waals surface area contributed by atoms with E-state index in [1.54, 1.807) is 12.1 Å². The Morgan fingerprint density at radius 3 is 1.55 bits per heavy atom. The minimum absolute atomic E-state index is 0.0287. The first-order chi connectivity index (χ1) is 16.0. The van der Waals surface area contributed by atoms with Crippen LogP contribution in [0.2, 0.25) is 0 Å². The zero-order chi connectivity index (χ0) is 22.8. The maximum atomic E-state index is 11.4. The van der Waals surface area contributed by atoms with Crippen molar-refractivity contribution in [1.82, 2.24) is 0 Å². The molecule has 33 heavy (non-hydrogen) atoms. The highest BCUT2D eigenvalue weighted by atomic mass is 127. The first-order valence-electron chi connectivity index (χ1n) is 10.4. The van der Waals surface area contributed by atoms with Gasteiger partial charge in [0.15, 0.2) is 7.14 Å². The Bertz CT molecular complexity index is 1590. The van der Waals surface area contributed by atoms with Gasteiger partial charge in [-0.1, -0.05) is 84.9 Å². The molecule has 0 saturated heterocycles. The van der Waals surface area contributed by atoms with Gasteiger partial charge in [-0.2, -0.15) is 0 Å². The molecular weight excluding hydrogens is 543 g/mol. The van der Waals surface area contributed by atoms with E-state index >= 15 is 0 Å². The quantitative estimate of drug-likeness (QED) is 0.189. The normalized spacial score (nSPS) is 11.5. The van der Waals surface area contributed by atoms with Crippen molar-refractivity contribution in [2.75, 3.05) is 0 Å². The predicted molar refractivity (Wildman–Crippen MR) is 128 cm³/mol. The number of halogens is 1. The molecule has 0 aliphatic heterocycles. The third kappa shape index (κ3) is 4.57. The molecule has 6 aromatic carbocycles. The van der Waals surface area contributed by atoms with Gasteiger partial charge in [0.05, 0.1) is 4.90 Å². The van der Waals surface area contributed by atoms with Gasteiger partial charge in [-0.05, 0) is 57.3 Å². The van der Waals surface area contributed by atoms with Crippen LogP contribution in [0.1, 0.15) is 0 Å². The molecule has 0 unspecified atom stereocenters. The van der Waals surface area contributed by atoms with Crippen LogP contribution >= 0.6 is 0 Å². The fraction of sp³-hybridized carbons (Fsp3) is 0. The average molecular weight is 562 g/mol. The molecule has 0 fully saturated rings. The van der Waals surface area contributed by atoms with E-state index in [0.29, 0.717) is 5.39 Å². The second kappa shape index (κ2) is 9.09. The van der Waals surface area contributed by atoms with E-state index in [4.69, 9.17) is 0 Å². The number of hydrogen-bond acceptors (Lipinski definition) is 3. The zero-order valence-corrected chi connectivity index (χ0v) is 20.5. The summed E-state index contributed by atoms with van der Waals surface area (Å²) in [6.07, 6.45) is 0. The highest BCUT2D eigenvalue weighted by Gasteiger charge is 2.14. The molecule has 0 saturated carbocycles. The van der Waals surface area contributed by atoms with Gasteiger partial charge in [0.25, 0.3) is 0 Å². The third-order valence-electron chi connectivity index (χ3n) is 5.44. The maximum Gasteiger partial charge on any atom is 0.357 e. The smallest absolute Gasteiger partial charge is 0.357 e. The fourth-order valence-electron chi connectivity index (χ4n) is 4.01. The highest BCUT2D eigenvalue weighted by Crippen LogP contribution is 2.36. The maximum absolute atomic E-state index is 11.4. The first-order valence-corrected chi connectivity index (χ1v) is 13.9. The Balaban J connectivity index is 0.000000152. The van der Waals surface area contributed by atoms with Crippen LogP contribution in [0.4, 0.5) is 0 Å². The lowest BCUT2D eigenvalue weighted by Gasteiger charge is -2.15. The minimum Gasteiger partial charge on any atom is -0.744 e. The van der Waals surface area contributed by atoms with Gasteiger partial charge in [-0.25, -0.2) is 8.42 Å². The molecule has 0 aliphatic rings. The second-order valence-corrected chi connectivity index (χ2v) is 11.9. The molecule has 0 radical (unpaired) electrons. The van der Waals surface area contributed by atoms with E-state index in [2.05, 4.69) is 60.7 Å². The third-order valence-corrected chi connectivity index (χ3v) is 9.02. The molecule has 0 N–H and O–H groups in total. The number of hydrogen-bond donors (Lipinski definition) is 0. The summed E-state index contributed by atoms with van der Waals surface area (Å²) >= 11 is 0.0287. The van der Waals surface area contributed by atoms with Crippen molar-refractivity contribution in [3.63, 3.8) is 0 Å². The molecule has 162 valence electrons. The first kappa shape index (κ1) is 21.8. The monoisotopic (exact) mass is 562 g/mol. The Kier molecular flexibility index (Phi) is 6.01. The predicted octanol–water partition coefficient (Wildman–Crippen LogP) is 3.30.